The Hall–Kier alpha value is -4.71. The third-order valence-electron chi connectivity index (χ3n) is 11.3. The fraction of sp³-hybridized carbons (Fsp3) is 0.160. The summed E-state index contributed by atoms with van der Waals surface area (Å²) in [6.45, 7) is 6.96. The maximum absolute atomic E-state index is 2.48. The lowest BCUT2D eigenvalue weighted by Crippen LogP contribution is -2.17. The molecule has 9 rings (SSSR count). The van der Waals surface area contributed by atoms with Gasteiger partial charge in [-0.3, -0.25) is 0 Å². The van der Waals surface area contributed by atoms with Gasteiger partial charge in [0.1, 0.15) is 0 Å². The Labute approximate surface area is 331 Å². The monoisotopic (exact) mass is 815 g/mol. The molecule has 3 aliphatic rings. The molecule has 260 valence electrons. The number of hydrogen-bond acceptors (Lipinski definition) is 2. The fourth-order valence-corrected chi connectivity index (χ4v) is 9.84. The highest BCUT2D eigenvalue weighted by Gasteiger charge is 2.36. The van der Waals surface area contributed by atoms with Gasteiger partial charge in [-0.2, -0.15) is 0 Å². The van der Waals surface area contributed by atoms with Crippen molar-refractivity contribution in [2.75, 3.05) is 4.90 Å². The SMILES string of the molecule is Cc1cc2c(cc1I)C(C)(C)c1ccc(-c3ccc(C4C=CC(N(c5ccc(C6=CC=CCC6)cc5)c5ccc(-c6ccccc6)cc5)=CC4)s3)cc1-2. The summed E-state index contributed by atoms with van der Waals surface area (Å²) in [6, 6.07) is 45.4. The van der Waals surface area contributed by atoms with E-state index < -0.39 is 0 Å². The van der Waals surface area contributed by atoms with Crippen molar-refractivity contribution in [2.45, 2.75) is 51.4 Å². The van der Waals surface area contributed by atoms with E-state index in [1.54, 1.807) is 0 Å². The predicted octanol–water partition coefficient (Wildman–Crippen LogP) is 14.8. The summed E-state index contributed by atoms with van der Waals surface area (Å²) >= 11 is 4.42. The number of fused-ring (bicyclic) bond motifs is 3. The van der Waals surface area contributed by atoms with Crippen molar-refractivity contribution >= 4 is 50.9 Å². The quantitative estimate of drug-likeness (QED) is 0.145. The van der Waals surface area contributed by atoms with Gasteiger partial charge in [0.05, 0.1) is 0 Å². The van der Waals surface area contributed by atoms with Gasteiger partial charge >= 0.3 is 0 Å². The van der Waals surface area contributed by atoms with Gasteiger partial charge < -0.3 is 4.90 Å². The van der Waals surface area contributed by atoms with Crippen molar-refractivity contribution < 1.29 is 0 Å². The number of hydrogen-bond donors (Lipinski definition) is 0. The van der Waals surface area contributed by atoms with Gasteiger partial charge in [0.25, 0.3) is 0 Å². The average molecular weight is 816 g/mol. The molecule has 0 spiro atoms. The van der Waals surface area contributed by atoms with Crippen molar-refractivity contribution in [2.24, 2.45) is 0 Å². The molecule has 1 aromatic heterocycles. The standard InChI is InChI=1S/C50H42INS/c1-33-30-43-44-31-39(20-27-45(44)50(2,3)46(43)32-47(33)51)49-29-28-48(53-49)38-18-25-42(26-19-38)52(40-21-14-36(15-22-40)34-10-6-4-7-11-34)41-23-16-37(17-24-41)35-12-8-5-9-13-35/h4-8,10-12,14-18,20-32,38H,9,13,19H2,1-3H3. The number of allylic oxidation sites excluding steroid dienone is 7. The molecule has 1 heterocycles. The first-order valence-corrected chi connectivity index (χ1v) is 20.6. The predicted molar refractivity (Wildman–Crippen MR) is 236 cm³/mol. The van der Waals surface area contributed by atoms with Gasteiger partial charge in [-0.1, -0.05) is 117 Å². The van der Waals surface area contributed by atoms with Crippen LogP contribution in [0.25, 0.3) is 38.3 Å². The minimum absolute atomic E-state index is 0.0127. The number of thiophene rings is 1. The molecule has 0 N–H and O–H groups in total. The third-order valence-corrected chi connectivity index (χ3v) is 13.7. The molecule has 0 bridgehead atoms. The molecule has 6 aromatic rings. The van der Waals surface area contributed by atoms with Crippen molar-refractivity contribution in [3.8, 4) is 32.7 Å². The number of halogens is 1. The number of rotatable bonds is 7. The highest BCUT2D eigenvalue weighted by atomic mass is 127. The van der Waals surface area contributed by atoms with Gasteiger partial charge in [0.15, 0.2) is 0 Å². The van der Waals surface area contributed by atoms with Crippen molar-refractivity contribution in [3.63, 3.8) is 0 Å². The van der Waals surface area contributed by atoms with Gasteiger partial charge in [-0.25, -0.2) is 0 Å². The Kier molecular flexibility index (Phi) is 8.96. The summed E-state index contributed by atoms with van der Waals surface area (Å²) in [7, 11) is 0. The molecule has 53 heavy (non-hydrogen) atoms. The van der Waals surface area contributed by atoms with Crippen LogP contribution < -0.4 is 4.90 Å². The van der Waals surface area contributed by atoms with Crippen LogP contribution in [-0.2, 0) is 5.41 Å². The molecule has 1 unspecified atom stereocenters. The van der Waals surface area contributed by atoms with E-state index in [2.05, 4.69) is 206 Å². The van der Waals surface area contributed by atoms with Gasteiger partial charge in [-0.15, -0.1) is 11.3 Å². The minimum atomic E-state index is 0.0127. The first kappa shape index (κ1) is 34.1. The summed E-state index contributed by atoms with van der Waals surface area (Å²) in [5.41, 5.74) is 17.1. The molecule has 3 aliphatic carbocycles. The lowest BCUT2D eigenvalue weighted by Gasteiger charge is -2.29. The largest absolute Gasteiger partial charge is 0.311 e. The Morgan fingerprint density at radius 3 is 2.11 bits per heavy atom. The van der Waals surface area contributed by atoms with Crippen LogP contribution in [0.15, 0.2) is 163 Å². The second-order valence-electron chi connectivity index (χ2n) is 15.0. The molecule has 0 saturated heterocycles. The maximum atomic E-state index is 2.48. The Bertz CT molecular complexity index is 2460. The molecule has 0 aliphatic heterocycles. The van der Waals surface area contributed by atoms with Gasteiger partial charge in [-0.05, 0) is 159 Å². The lowest BCUT2D eigenvalue weighted by molar-refractivity contribution is 0.660. The molecule has 1 nitrogen and oxygen atoms in total. The topological polar surface area (TPSA) is 3.24 Å². The van der Waals surface area contributed by atoms with E-state index in [1.165, 1.54) is 80.4 Å². The molecular weight excluding hydrogens is 774 g/mol. The van der Waals surface area contributed by atoms with E-state index in [9.17, 15) is 0 Å². The number of anilines is 2. The third kappa shape index (κ3) is 6.38. The second kappa shape index (κ2) is 13.9. The Balaban J connectivity index is 0.992. The molecule has 1 atom stereocenters. The summed E-state index contributed by atoms with van der Waals surface area (Å²) in [6.07, 6.45) is 17.0. The fourth-order valence-electron chi connectivity index (χ4n) is 8.27. The summed E-state index contributed by atoms with van der Waals surface area (Å²) < 4.78 is 1.34. The molecule has 0 amide bonds. The van der Waals surface area contributed by atoms with E-state index >= 15 is 0 Å². The summed E-state index contributed by atoms with van der Waals surface area (Å²) in [5.74, 6) is 0.354. The normalized spacial score (nSPS) is 16.9. The van der Waals surface area contributed by atoms with Crippen LogP contribution in [0, 0.1) is 10.5 Å². The first-order chi connectivity index (χ1) is 25.8. The molecule has 3 heteroatoms. The molecule has 0 saturated carbocycles. The zero-order chi connectivity index (χ0) is 36.1. The number of aryl methyl sites for hydroxylation is 1. The van der Waals surface area contributed by atoms with Crippen LogP contribution in [0.5, 0.6) is 0 Å². The zero-order valence-corrected chi connectivity index (χ0v) is 33.4. The van der Waals surface area contributed by atoms with Crippen LogP contribution in [-0.4, -0.2) is 0 Å². The minimum Gasteiger partial charge on any atom is -0.311 e. The van der Waals surface area contributed by atoms with Crippen molar-refractivity contribution in [1.82, 2.24) is 0 Å². The Morgan fingerprint density at radius 1 is 0.717 bits per heavy atom. The highest BCUT2D eigenvalue weighted by Crippen LogP contribution is 2.51. The summed E-state index contributed by atoms with van der Waals surface area (Å²) in [5, 5.41) is 0. The van der Waals surface area contributed by atoms with Crippen LogP contribution in [0.3, 0.4) is 0 Å². The van der Waals surface area contributed by atoms with E-state index in [-0.39, 0.29) is 5.41 Å². The van der Waals surface area contributed by atoms with E-state index in [0.717, 1.165) is 24.9 Å². The van der Waals surface area contributed by atoms with Gasteiger partial charge in [0.2, 0.25) is 0 Å². The smallest absolute Gasteiger partial charge is 0.0461 e. The molecule has 5 aromatic carbocycles. The lowest BCUT2D eigenvalue weighted by atomic mass is 9.82. The molecular formula is C50H42INS. The molecule has 0 radical (unpaired) electrons. The average Bonchev–Trinajstić information content (AvgIpc) is 3.78. The van der Waals surface area contributed by atoms with Gasteiger partial charge in [0, 0.05) is 41.7 Å². The first-order valence-electron chi connectivity index (χ1n) is 18.7. The Morgan fingerprint density at radius 2 is 1.42 bits per heavy atom. The van der Waals surface area contributed by atoms with Crippen LogP contribution in [0.2, 0.25) is 0 Å². The van der Waals surface area contributed by atoms with Crippen molar-refractivity contribution in [1.29, 1.82) is 0 Å². The van der Waals surface area contributed by atoms with Crippen molar-refractivity contribution in [3.05, 3.63) is 194 Å². The second-order valence-corrected chi connectivity index (χ2v) is 17.3. The summed E-state index contributed by atoms with van der Waals surface area (Å²) in [4.78, 5) is 5.16. The number of benzene rings is 5. The molecule has 0 fully saturated rings. The van der Waals surface area contributed by atoms with Crippen LogP contribution >= 0.6 is 33.9 Å². The van der Waals surface area contributed by atoms with Crippen LogP contribution in [0.4, 0.5) is 11.4 Å². The van der Waals surface area contributed by atoms with E-state index in [4.69, 9.17) is 0 Å². The van der Waals surface area contributed by atoms with Crippen LogP contribution in [0.1, 0.15) is 66.2 Å². The maximum Gasteiger partial charge on any atom is 0.0461 e. The number of nitrogens with zero attached hydrogens (tertiary/aromatic N) is 1. The highest BCUT2D eigenvalue weighted by molar-refractivity contribution is 14.1. The van der Waals surface area contributed by atoms with E-state index in [1.807, 2.05) is 11.3 Å². The zero-order valence-electron chi connectivity index (χ0n) is 30.4. The van der Waals surface area contributed by atoms with E-state index in [0.29, 0.717) is 5.92 Å².